The molecule has 0 radical (unpaired) electrons. The van der Waals surface area contributed by atoms with Gasteiger partial charge in [0.05, 0.1) is 18.6 Å². The van der Waals surface area contributed by atoms with Crippen molar-refractivity contribution >= 4 is 40.9 Å². The molecular weight excluding hydrogens is 455 g/mol. The van der Waals surface area contributed by atoms with Crippen LogP contribution in [0.15, 0.2) is 47.6 Å². The molecule has 31 heavy (non-hydrogen) atoms. The molecular formula is C22H22Cl2N4O2S. The van der Waals surface area contributed by atoms with Crippen molar-refractivity contribution in [2.75, 3.05) is 19.4 Å². The van der Waals surface area contributed by atoms with Gasteiger partial charge >= 0.3 is 0 Å². The summed E-state index contributed by atoms with van der Waals surface area (Å²) in [7, 11) is 1.60. The van der Waals surface area contributed by atoms with E-state index in [2.05, 4.69) is 10.2 Å². The Hall–Kier alpha value is -2.22. The zero-order valence-electron chi connectivity index (χ0n) is 17.2. The van der Waals surface area contributed by atoms with Crippen LogP contribution in [0.1, 0.15) is 19.8 Å². The summed E-state index contributed by atoms with van der Waals surface area (Å²) < 4.78 is 7.43. The maximum Gasteiger partial charge on any atom is 0.233 e. The molecule has 0 spiro atoms. The molecule has 1 saturated carbocycles. The molecule has 3 aromatic rings. The first kappa shape index (κ1) is 22.0. The number of halogens is 2. The van der Waals surface area contributed by atoms with Crippen molar-refractivity contribution in [3.63, 3.8) is 0 Å². The number of methoxy groups -OCH3 is 1. The number of amides is 1. The summed E-state index contributed by atoms with van der Waals surface area (Å²) in [5.74, 6) is 1.59. The van der Waals surface area contributed by atoms with Crippen molar-refractivity contribution in [2.24, 2.45) is 0 Å². The normalized spacial score (nSPS) is 13.3. The molecule has 1 aliphatic carbocycles. The molecule has 1 aliphatic rings. The highest BCUT2D eigenvalue weighted by Gasteiger charge is 2.31. The van der Waals surface area contributed by atoms with E-state index in [1.807, 2.05) is 34.6 Å². The summed E-state index contributed by atoms with van der Waals surface area (Å²) in [6.07, 6.45) is 2.16. The molecule has 9 heteroatoms. The number of hydrogen-bond acceptors (Lipinski definition) is 5. The van der Waals surface area contributed by atoms with E-state index in [-0.39, 0.29) is 11.7 Å². The number of carbonyl (C=O) groups is 1. The average Bonchev–Trinajstić information content (AvgIpc) is 3.50. The lowest BCUT2D eigenvalue weighted by Crippen LogP contribution is -2.34. The Balaban J connectivity index is 1.74. The first-order chi connectivity index (χ1) is 15.0. The first-order valence-electron chi connectivity index (χ1n) is 9.99. The van der Waals surface area contributed by atoms with Crippen LogP contribution in [0.25, 0.3) is 17.1 Å². The van der Waals surface area contributed by atoms with Gasteiger partial charge in [-0.05, 0) is 50.1 Å². The second kappa shape index (κ2) is 9.51. The summed E-state index contributed by atoms with van der Waals surface area (Å²) in [5, 5.41) is 10.5. The van der Waals surface area contributed by atoms with Crippen molar-refractivity contribution in [1.29, 1.82) is 0 Å². The van der Waals surface area contributed by atoms with Crippen molar-refractivity contribution in [3.8, 4) is 22.8 Å². The van der Waals surface area contributed by atoms with Gasteiger partial charge in [-0.1, -0.05) is 47.1 Å². The maximum absolute atomic E-state index is 12.8. The van der Waals surface area contributed by atoms with Crippen LogP contribution in [0.4, 0.5) is 0 Å². The predicted molar refractivity (Wildman–Crippen MR) is 124 cm³/mol. The molecule has 2 aromatic carbocycles. The van der Waals surface area contributed by atoms with Crippen molar-refractivity contribution in [2.45, 2.75) is 31.0 Å². The number of ether oxygens (including phenoxy) is 1. The number of aromatic nitrogens is 3. The Labute approximate surface area is 195 Å². The van der Waals surface area contributed by atoms with Gasteiger partial charge in [-0.15, -0.1) is 10.2 Å². The SMILES string of the molecule is CCN(C(=O)CSc1nnc(-c2cccc(Cl)c2)n1-c1cc(Cl)ccc1OC)C1CC1. The molecule has 0 bridgehead atoms. The fourth-order valence-corrected chi connectivity index (χ4v) is 4.65. The molecule has 0 atom stereocenters. The van der Waals surface area contributed by atoms with E-state index in [1.54, 1.807) is 31.4 Å². The van der Waals surface area contributed by atoms with Crippen molar-refractivity contribution in [3.05, 3.63) is 52.5 Å². The minimum absolute atomic E-state index is 0.104. The first-order valence-corrected chi connectivity index (χ1v) is 11.7. The molecule has 1 aromatic heterocycles. The number of hydrogen-bond donors (Lipinski definition) is 0. The van der Waals surface area contributed by atoms with Crippen LogP contribution in [0.5, 0.6) is 5.75 Å². The third-order valence-electron chi connectivity index (χ3n) is 5.07. The lowest BCUT2D eigenvalue weighted by Gasteiger charge is -2.20. The van der Waals surface area contributed by atoms with Gasteiger partial charge in [-0.2, -0.15) is 0 Å². The second-order valence-electron chi connectivity index (χ2n) is 7.17. The van der Waals surface area contributed by atoms with Crippen LogP contribution in [-0.2, 0) is 4.79 Å². The lowest BCUT2D eigenvalue weighted by molar-refractivity contribution is -0.128. The number of nitrogens with zero attached hydrogens (tertiary/aromatic N) is 4. The standard InChI is InChI=1S/C22H22Cl2N4O2S/c1-3-27(17-8-9-17)20(29)13-31-22-26-25-21(14-5-4-6-15(23)11-14)28(22)18-12-16(24)7-10-19(18)30-2/h4-7,10-12,17H,3,8-9,13H2,1-2H3. The minimum atomic E-state index is 0.104. The van der Waals surface area contributed by atoms with Gasteiger partial charge in [-0.3, -0.25) is 9.36 Å². The molecule has 0 aliphatic heterocycles. The van der Waals surface area contributed by atoms with Crippen LogP contribution in [0.2, 0.25) is 10.0 Å². The molecule has 6 nitrogen and oxygen atoms in total. The monoisotopic (exact) mass is 476 g/mol. The number of carbonyl (C=O) groups excluding carboxylic acids is 1. The highest BCUT2D eigenvalue weighted by atomic mass is 35.5. The van der Waals surface area contributed by atoms with E-state index < -0.39 is 0 Å². The fourth-order valence-electron chi connectivity index (χ4n) is 3.47. The van der Waals surface area contributed by atoms with Gasteiger partial charge in [0.25, 0.3) is 0 Å². The van der Waals surface area contributed by atoms with E-state index in [9.17, 15) is 4.79 Å². The van der Waals surface area contributed by atoms with E-state index in [0.717, 1.165) is 18.4 Å². The summed E-state index contributed by atoms with van der Waals surface area (Å²) in [6.45, 7) is 2.73. The van der Waals surface area contributed by atoms with Crippen LogP contribution < -0.4 is 4.74 Å². The zero-order valence-corrected chi connectivity index (χ0v) is 19.5. The van der Waals surface area contributed by atoms with Gasteiger partial charge in [0.1, 0.15) is 5.75 Å². The van der Waals surface area contributed by atoms with E-state index in [4.69, 9.17) is 27.9 Å². The average molecular weight is 477 g/mol. The quantitative estimate of drug-likeness (QED) is 0.409. The van der Waals surface area contributed by atoms with Crippen LogP contribution in [-0.4, -0.2) is 51.0 Å². The van der Waals surface area contributed by atoms with Crippen molar-refractivity contribution < 1.29 is 9.53 Å². The highest BCUT2D eigenvalue weighted by molar-refractivity contribution is 7.99. The van der Waals surface area contributed by atoms with Crippen LogP contribution in [0.3, 0.4) is 0 Å². The second-order valence-corrected chi connectivity index (χ2v) is 8.98. The third kappa shape index (κ3) is 4.84. The topological polar surface area (TPSA) is 60.2 Å². The molecule has 1 amide bonds. The largest absolute Gasteiger partial charge is 0.495 e. The van der Waals surface area contributed by atoms with Gasteiger partial charge in [0.15, 0.2) is 11.0 Å². The van der Waals surface area contributed by atoms with E-state index >= 15 is 0 Å². The van der Waals surface area contributed by atoms with Crippen LogP contribution in [0, 0.1) is 0 Å². The minimum Gasteiger partial charge on any atom is -0.495 e. The van der Waals surface area contributed by atoms with E-state index in [0.29, 0.717) is 45.0 Å². The molecule has 162 valence electrons. The predicted octanol–water partition coefficient (Wildman–Crippen LogP) is 5.35. The Morgan fingerprint density at radius 1 is 1.19 bits per heavy atom. The molecule has 0 saturated heterocycles. The molecule has 1 fully saturated rings. The fraction of sp³-hybridized carbons (Fsp3) is 0.318. The molecule has 0 N–H and O–H groups in total. The smallest absolute Gasteiger partial charge is 0.233 e. The third-order valence-corrected chi connectivity index (χ3v) is 6.46. The Bertz CT molecular complexity index is 1100. The van der Waals surface area contributed by atoms with Crippen molar-refractivity contribution in [1.82, 2.24) is 19.7 Å². The highest BCUT2D eigenvalue weighted by Crippen LogP contribution is 2.35. The van der Waals surface area contributed by atoms with Gasteiger partial charge in [0, 0.05) is 28.2 Å². The maximum atomic E-state index is 12.8. The molecule has 0 unspecified atom stereocenters. The van der Waals surface area contributed by atoms with Gasteiger partial charge < -0.3 is 9.64 Å². The number of rotatable bonds is 8. The summed E-state index contributed by atoms with van der Waals surface area (Å²) in [5.41, 5.74) is 1.49. The summed E-state index contributed by atoms with van der Waals surface area (Å²) >= 11 is 13.9. The Morgan fingerprint density at radius 3 is 2.65 bits per heavy atom. The Morgan fingerprint density at radius 2 is 1.97 bits per heavy atom. The molecule has 4 rings (SSSR count). The van der Waals surface area contributed by atoms with Gasteiger partial charge in [0.2, 0.25) is 5.91 Å². The van der Waals surface area contributed by atoms with E-state index in [1.165, 1.54) is 11.8 Å². The Kier molecular flexibility index (Phi) is 6.74. The molecule has 1 heterocycles. The lowest BCUT2D eigenvalue weighted by atomic mass is 10.2. The van der Waals surface area contributed by atoms with Gasteiger partial charge in [-0.25, -0.2) is 0 Å². The number of benzene rings is 2. The van der Waals surface area contributed by atoms with Crippen LogP contribution >= 0.6 is 35.0 Å². The zero-order chi connectivity index (χ0) is 22.0. The summed E-state index contributed by atoms with van der Waals surface area (Å²) in [6, 6.07) is 13.1. The number of thioether (sulfide) groups is 1. The summed E-state index contributed by atoms with van der Waals surface area (Å²) in [4.78, 5) is 14.7.